The number of hydrogen-bond donors (Lipinski definition) is 4. The van der Waals surface area contributed by atoms with E-state index in [-0.39, 0.29) is 54.3 Å². The zero-order valence-corrected chi connectivity index (χ0v) is 37.5. The second-order valence-electron chi connectivity index (χ2n) is 18.3. The van der Waals surface area contributed by atoms with Crippen LogP contribution in [0.25, 0.3) is 0 Å². The normalized spacial score (nSPS) is 28.1. The first-order valence-electron chi connectivity index (χ1n) is 19.1. The predicted octanol–water partition coefficient (Wildman–Crippen LogP) is 1.65. The van der Waals surface area contributed by atoms with Gasteiger partial charge in [0.15, 0.2) is 28.5 Å². The molecule has 3 aliphatic heterocycles. The second kappa shape index (κ2) is 15.6. The smallest absolute Gasteiger partial charge is 0.333 e. The molecule has 2 aromatic heterocycles. The van der Waals surface area contributed by atoms with Crippen molar-refractivity contribution in [2.45, 2.75) is 153 Å². The Bertz CT molecular complexity index is 2240. The number of hydrogen-bond acceptors (Lipinski definition) is 14. The van der Waals surface area contributed by atoms with Gasteiger partial charge in [0.1, 0.15) is 24.5 Å². The third kappa shape index (κ3) is 8.55. The zero-order valence-electron chi connectivity index (χ0n) is 34.7. The summed E-state index contributed by atoms with van der Waals surface area (Å²) in [5.74, 6) is 0. The summed E-state index contributed by atoms with van der Waals surface area (Å²) >= 11 is 0. The van der Waals surface area contributed by atoms with Crippen molar-refractivity contribution in [3.8, 4) is 0 Å². The molecule has 2 saturated heterocycles. The summed E-state index contributed by atoms with van der Waals surface area (Å²) in [5, 5.41) is 19.9. The quantitative estimate of drug-likeness (QED) is 0.175. The van der Waals surface area contributed by atoms with Crippen LogP contribution in [0.1, 0.15) is 78.0 Å². The number of aryl methyl sites for hydroxylation is 2. The summed E-state index contributed by atoms with van der Waals surface area (Å²) in [5.41, 5.74) is 2.05. The van der Waals surface area contributed by atoms with Crippen molar-refractivity contribution in [3.63, 3.8) is 0 Å². The van der Waals surface area contributed by atoms with Crippen molar-refractivity contribution >= 4 is 26.8 Å². The van der Waals surface area contributed by atoms with Crippen LogP contribution in [0.2, 0.25) is 36.3 Å². The molecule has 5 rings (SSSR count). The average molecular weight is 858 g/mol. The topological polar surface area (TPSA) is 246 Å². The molecule has 0 saturated carbocycles. The van der Waals surface area contributed by atoms with E-state index in [1.54, 1.807) is 0 Å². The average Bonchev–Trinajstić information content (AvgIpc) is 3.68. The molecule has 0 bridgehead atoms. The molecule has 3 aliphatic rings. The fourth-order valence-corrected chi connectivity index (χ4v) is 10.3. The standard InChI is InChI=1S/C36H59N5O13SSi2/c1-21-16-41(33(47)39(30(21)45)14-12-13-22-17-40(32(46)38-29(22)44)27-15-23(43)24(18-42)51-27)31-28(53-57(10,11)35(5,6)7)36(25(37)20-55(48,49)54-36)26(52-31)19-50-56(8,9)34(2,3)4/h16-17,20,23-24,26-28,31,42-43H,12-15,18-19,37H2,1-11H3,(H,38,44,46). The number of aliphatic hydroxyl groups is 2. The lowest BCUT2D eigenvalue weighted by molar-refractivity contribution is -0.0567. The monoisotopic (exact) mass is 857 g/mol. The molecular weight excluding hydrogens is 799 g/mol. The molecule has 5 N–H and O–H groups in total. The number of aromatic nitrogens is 4. The Hall–Kier alpha value is -3.00. The molecule has 1 spiro atoms. The maximum Gasteiger partial charge on any atom is 0.333 e. The maximum atomic E-state index is 14.5. The summed E-state index contributed by atoms with van der Waals surface area (Å²) in [7, 11) is -9.62. The van der Waals surface area contributed by atoms with Gasteiger partial charge in [-0.15, -0.1) is 0 Å². The summed E-state index contributed by atoms with van der Waals surface area (Å²) < 4.78 is 61.4. The number of nitrogens with two attached hydrogens (primary N) is 1. The van der Waals surface area contributed by atoms with Gasteiger partial charge >= 0.3 is 11.4 Å². The van der Waals surface area contributed by atoms with Crippen LogP contribution in [0.5, 0.6) is 0 Å². The lowest BCUT2D eigenvalue weighted by Crippen LogP contribution is -2.59. The molecule has 7 unspecified atom stereocenters. The third-order valence-corrected chi connectivity index (χ3v) is 22.3. The fraction of sp³-hybridized carbons (Fsp3) is 0.722. The van der Waals surface area contributed by atoms with E-state index in [0.29, 0.717) is 0 Å². The first kappa shape index (κ1) is 45.1. The lowest BCUT2D eigenvalue weighted by atomic mass is 9.89. The van der Waals surface area contributed by atoms with Crippen LogP contribution < -0.4 is 28.2 Å². The van der Waals surface area contributed by atoms with Crippen molar-refractivity contribution in [2.24, 2.45) is 5.73 Å². The SMILES string of the molecule is Cc1cn(C2OC(CO[Si](C)(C)C(C)(C)C)C3(OS(=O)(=O)C=C3N)C2O[Si](C)(C)C(C)(C)C)c(=O)n(CCCc2cn(C3CC(O)C(CO)O3)c(=O)[nH]c2=O)c1=O. The molecule has 57 heavy (non-hydrogen) atoms. The molecule has 0 aliphatic carbocycles. The molecule has 0 aromatic carbocycles. The van der Waals surface area contributed by atoms with Gasteiger partial charge in [-0.05, 0) is 56.0 Å². The number of H-pyrrole nitrogens is 1. The van der Waals surface area contributed by atoms with Crippen molar-refractivity contribution < 1.29 is 41.1 Å². The lowest BCUT2D eigenvalue weighted by Gasteiger charge is -2.43. The second-order valence-corrected chi connectivity index (χ2v) is 29.3. The Labute approximate surface area is 333 Å². The molecule has 0 amide bonds. The number of aromatic amines is 1. The van der Waals surface area contributed by atoms with Gasteiger partial charge in [0.05, 0.1) is 30.4 Å². The molecule has 7 atom stereocenters. The fourth-order valence-electron chi connectivity index (χ4n) is 6.75. The van der Waals surface area contributed by atoms with Crippen LogP contribution in [0.15, 0.2) is 42.7 Å². The highest BCUT2D eigenvalue weighted by Crippen LogP contribution is 2.52. The van der Waals surface area contributed by atoms with Crippen molar-refractivity contribution in [1.82, 2.24) is 18.7 Å². The third-order valence-electron chi connectivity index (χ3n) is 12.3. The minimum atomic E-state index is -4.32. The Morgan fingerprint density at radius 1 is 1.00 bits per heavy atom. The van der Waals surface area contributed by atoms with Gasteiger partial charge < -0.3 is 34.3 Å². The van der Waals surface area contributed by atoms with E-state index in [1.165, 1.54) is 23.9 Å². The Balaban J connectivity index is 1.55. The van der Waals surface area contributed by atoms with Crippen LogP contribution in [-0.4, -0.2) is 97.2 Å². The zero-order chi connectivity index (χ0) is 42.8. The van der Waals surface area contributed by atoms with Gasteiger partial charge in [0, 0.05) is 36.5 Å². The van der Waals surface area contributed by atoms with Crippen LogP contribution in [0.3, 0.4) is 0 Å². The Morgan fingerprint density at radius 2 is 1.63 bits per heavy atom. The van der Waals surface area contributed by atoms with E-state index < -0.39 is 103 Å². The summed E-state index contributed by atoms with van der Waals surface area (Å²) in [4.78, 5) is 55.8. The van der Waals surface area contributed by atoms with E-state index in [1.807, 2.05) is 47.0 Å². The van der Waals surface area contributed by atoms with Gasteiger partial charge in [-0.3, -0.25) is 28.3 Å². The number of nitrogens with zero attached hydrogens (tertiary/aromatic N) is 3. The summed E-state index contributed by atoms with van der Waals surface area (Å²) in [6.07, 6.45) is -3.81. The molecule has 5 heterocycles. The molecule has 320 valence electrons. The van der Waals surface area contributed by atoms with Crippen LogP contribution in [-0.2, 0) is 45.6 Å². The highest BCUT2D eigenvalue weighted by molar-refractivity contribution is 7.90. The van der Waals surface area contributed by atoms with Crippen molar-refractivity contribution in [1.29, 1.82) is 0 Å². The van der Waals surface area contributed by atoms with Gasteiger partial charge in [-0.25, -0.2) is 13.8 Å². The van der Waals surface area contributed by atoms with Crippen molar-refractivity contribution in [2.75, 3.05) is 13.2 Å². The first-order chi connectivity index (χ1) is 26.1. The van der Waals surface area contributed by atoms with E-state index in [2.05, 4.69) is 25.8 Å². The minimum Gasteiger partial charge on any atom is -0.414 e. The van der Waals surface area contributed by atoms with E-state index in [9.17, 15) is 37.8 Å². The minimum absolute atomic E-state index is 0.0151. The summed E-state index contributed by atoms with van der Waals surface area (Å²) in [6, 6.07) is 0. The van der Waals surface area contributed by atoms with Crippen LogP contribution in [0, 0.1) is 6.92 Å². The number of aliphatic hydroxyl groups excluding tert-OH is 2. The molecule has 0 radical (unpaired) electrons. The predicted molar refractivity (Wildman–Crippen MR) is 215 cm³/mol. The first-order valence-corrected chi connectivity index (χ1v) is 26.4. The summed E-state index contributed by atoms with van der Waals surface area (Å²) in [6.45, 7) is 21.0. The van der Waals surface area contributed by atoms with E-state index in [0.717, 1.165) is 14.5 Å². The molecular formula is C36H59N5O13SSi2. The number of ether oxygens (including phenoxy) is 2. The van der Waals surface area contributed by atoms with Crippen molar-refractivity contribution in [3.05, 3.63) is 76.3 Å². The van der Waals surface area contributed by atoms with Gasteiger partial charge in [-0.2, -0.15) is 8.42 Å². The van der Waals surface area contributed by atoms with E-state index >= 15 is 0 Å². The molecule has 2 aromatic rings. The van der Waals surface area contributed by atoms with Crippen LogP contribution >= 0.6 is 0 Å². The number of nitrogens with one attached hydrogen (secondary N) is 1. The molecule has 18 nitrogen and oxygen atoms in total. The molecule has 2 fully saturated rings. The van der Waals surface area contributed by atoms with Gasteiger partial charge in [0.25, 0.3) is 21.2 Å². The molecule has 21 heteroatoms. The number of rotatable bonds is 12. The maximum absolute atomic E-state index is 14.5. The largest absolute Gasteiger partial charge is 0.414 e. The van der Waals surface area contributed by atoms with Gasteiger partial charge in [-0.1, -0.05) is 41.5 Å². The highest BCUT2D eigenvalue weighted by Gasteiger charge is 2.67. The van der Waals surface area contributed by atoms with E-state index in [4.69, 9.17) is 28.2 Å². The Morgan fingerprint density at radius 3 is 2.18 bits per heavy atom. The highest BCUT2D eigenvalue weighted by atomic mass is 32.2. The Kier molecular flexibility index (Phi) is 12.3. The van der Waals surface area contributed by atoms with Gasteiger partial charge in [0.2, 0.25) is 0 Å². The van der Waals surface area contributed by atoms with Crippen LogP contribution in [0.4, 0.5) is 0 Å².